The number of hydrogen-bond acceptors (Lipinski definition) is 5. The molecule has 1 amide bonds. The molecule has 28 heavy (non-hydrogen) atoms. The molecule has 0 unspecified atom stereocenters. The van der Waals surface area contributed by atoms with E-state index in [1.54, 1.807) is 13.3 Å². The summed E-state index contributed by atoms with van der Waals surface area (Å²) in [5.74, 6) is 2.00. The van der Waals surface area contributed by atoms with Gasteiger partial charge >= 0.3 is 5.69 Å². The van der Waals surface area contributed by atoms with Gasteiger partial charge < -0.3 is 9.73 Å². The molecule has 0 bridgehead atoms. The number of piperidine rings is 1. The first-order valence-electron chi connectivity index (χ1n) is 10.3. The lowest BCUT2D eigenvalue weighted by atomic mass is 9.95. The van der Waals surface area contributed by atoms with Crippen LogP contribution in [-0.4, -0.2) is 44.8 Å². The summed E-state index contributed by atoms with van der Waals surface area (Å²) in [4.78, 5) is 26.9. The van der Waals surface area contributed by atoms with Crippen molar-refractivity contribution >= 4 is 5.91 Å². The summed E-state index contributed by atoms with van der Waals surface area (Å²) in [6.07, 6.45) is 7.99. The number of aromatic nitrogens is 3. The Labute approximate surface area is 164 Å². The van der Waals surface area contributed by atoms with Gasteiger partial charge in [-0.1, -0.05) is 12.8 Å². The maximum atomic E-state index is 12.6. The smallest absolute Gasteiger partial charge is 0.345 e. The van der Waals surface area contributed by atoms with Crippen molar-refractivity contribution in [2.75, 3.05) is 19.6 Å². The third kappa shape index (κ3) is 4.06. The van der Waals surface area contributed by atoms with Crippen molar-refractivity contribution in [3.05, 3.63) is 40.5 Å². The molecule has 1 saturated carbocycles. The predicted octanol–water partition coefficient (Wildman–Crippen LogP) is 1.79. The van der Waals surface area contributed by atoms with E-state index < -0.39 is 0 Å². The minimum Gasteiger partial charge on any atom is -0.467 e. The zero-order valence-corrected chi connectivity index (χ0v) is 16.5. The first kappa shape index (κ1) is 19.0. The monoisotopic (exact) mass is 387 g/mol. The molecular weight excluding hydrogens is 358 g/mol. The summed E-state index contributed by atoms with van der Waals surface area (Å²) in [6.45, 7) is 2.50. The summed E-state index contributed by atoms with van der Waals surface area (Å²) < 4.78 is 8.69. The Hall–Kier alpha value is -2.35. The zero-order valence-electron chi connectivity index (χ0n) is 16.5. The first-order chi connectivity index (χ1) is 13.6. The highest BCUT2D eigenvalue weighted by Crippen LogP contribution is 2.33. The van der Waals surface area contributed by atoms with Crippen LogP contribution in [0.25, 0.3) is 0 Å². The summed E-state index contributed by atoms with van der Waals surface area (Å²) in [5, 5.41) is 7.48. The van der Waals surface area contributed by atoms with Crippen LogP contribution in [-0.2, 0) is 18.4 Å². The highest BCUT2D eigenvalue weighted by Gasteiger charge is 2.30. The molecule has 1 N–H and O–H groups in total. The van der Waals surface area contributed by atoms with Gasteiger partial charge in [-0.25, -0.2) is 9.48 Å². The topological polar surface area (TPSA) is 85.3 Å². The molecule has 1 saturated heterocycles. The van der Waals surface area contributed by atoms with E-state index in [4.69, 9.17) is 4.42 Å². The van der Waals surface area contributed by atoms with Gasteiger partial charge in [0.25, 0.3) is 0 Å². The van der Waals surface area contributed by atoms with E-state index in [-0.39, 0.29) is 17.5 Å². The number of aryl methyl sites for hydroxylation is 1. The highest BCUT2D eigenvalue weighted by atomic mass is 16.3. The number of hydrogen-bond donors (Lipinski definition) is 1. The molecule has 0 spiro atoms. The second-order valence-electron chi connectivity index (χ2n) is 7.98. The van der Waals surface area contributed by atoms with Crippen LogP contribution in [0.1, 0.15) is 62.1 Å². The Kier molecular flexibility index (Phi) is 5.66. The fraction of sp³-hybridized carbons (Fsp3) is 0.650. The minimum absolute atomic E-state index is 0.00977. The van der Waals surface area contributed by atoms with E-state index in [0.29, 0.717) is 19.1 Å². The van der Waals surface area contributed by atoms with Gasteiger partial charge in [0, 0.05) is 19.0 Å². The number of furan rings is 1. The zero-order chi connectivity index (χ0) is 19.5. The Morgan fingerprint density at radius 3 is 2.68 bits per heavy atom. The second kappa shape index (κ2) is 8.34. The van der Waals surface area contributed by atoms with Crippen molar-refractivity contribution in [2.45, 2.75) is 57.0 Å². The van der Waals surface area contributed by atoms with Crippen molar-refractivity contribution in [1.82, 2.24) is 24.6 Å². The van der Waals surface area contributed by atoms with E-state index in [1.165, 1.54) is 17.5 Å². The van der Waals surface area contributed by atoms with Gasteiger partial charge in [0.05, 0.1) is 19.4 Å². The molecular formula is C20H29N5O3. The molecule has 1 aliphatic heterocycles. The normalized spacial score (nSPS) is 19.3. The van der Waals surface area contributed by atoms with Crippen LogP contribution in [0, 0.1) is 0 Å². The quantitative estimate of drug-likeness (QED) is 0.817. The number of carbonyl (C=O) groups excluding carboxylic acids is 1. The van der Waals surface area contributed by atoms with Gasteiger partial charge in [-0.3, -0.25) is 14.3 Å². The molecule has 0 radical (unpaired) electrons. The van der Waals surface area contributed by atoms with Crippen LogP contribution in [0.5, 0.6) is 0 Å². The molecule has 0 aromatic carbocycles. The maximum absolute atomic E-state index is 12.6. The van der Waals surface area contributed by atoms with Gasteiger partial charge in [0.15, 0.2) is 0 Å². The maximum Gasteiger partial charge on any atom is 0.345 e. The van der Waals surface area contributed by atoms with Crippen molar-refractivity contribution in [2.24, 2.45) is 7.05 Å². The average Bonchev–Trinajstić information content (AvgIpc) is 3.44. The number of amides is 1. The minimum atomic E-state index is 0.00977. The van der Waals surface area contributed by atoms with Crippen LogP contribution in [0.2, 0.25) is 0 Å². The Balaban J connectivity index is 1.32. The summed E-state index contributed by atoms with van der Waals surface area (Å²) in [7, 11) is 1.75. The molecule has 8 heteroatoms. The fourth-order valence-corrected chi connectivity index (χ4v) is 4.49. The van der Waals surface area contributed by atoms with E-state index in [0.717, 1.165) is 50.4 Å². The van der Waals surface area contributed by atoms with Crippen LogP contribution in [0.3, 0.4) is 0 Å². The van der Waals surface area contributed by atoms with Crippen LogP contribution in [0.4, 0.5) is 0 Å². The highest BCUT2D eigenvalue weighted by molar-refractivity contribution is 5.77. The average molecular weight is 387 g/mol. The number of carbonyl (C=O) groups is 1. The third-order valence-electron chi connectivity index (χ3n) is 6.03. The molecule has 4 rings (SSSR count). The Morgan fingerprint density at radius 1 is 1.25 bits per heavy atom. The Bertz CT molecular complexity index is 840. The molecule has 2 aromatic rings. The SMILES string of the molecule is Cn1nc(C2CCN(CC(=O)NCc3ccco3)CC2)n(C2CCCC2)c1=O. The third-order valence-corrected chi connectivity index (χ3v) is 6.03. The van der Waals surface area contributed by atoms with Crippen LogP contribution >= 0.6 is 0 Å². The number of nitrogens with one attached hydrogen (secondary N) is 1. The molecule has 2 fully saturated rings. The van der Waals surface area contributed by atoms with Gasteiger partial charge in [0.2, 0.25) is 5.91 Å². The van der Waals surface area contributed by atoms with Crippen LogP contribution < -0.4 is 11.0 Å². The van der Waals surface area contributed by atoms with Crippen molar-refractivity contribution < 1.29 is 9.21 Å². The lowest BCUT2D eigenvalue weighted by Crippen LogP contribution is -2.41. The summed E-state index contributed by atoms with van der Waals surface area (Å²) in [5.41, 5.74) is 0.0154. The van der Waals surface area contributed by atoms with Gasteiger partial charge in [-0.15, -0.1) is 0 Å². The van der Waals surface area contributed by atoms with E-state index in [9.17, 15) is 9.59 Å². The van der Waals surface area contributed by atoms with Gasteiger partial charge in [-0.05, 0) is 50.9 Å². The van der Waals surface area contributed by atoms with E-state index in [2.05, 4.69) is 15.3 Å². The van der Waals surface area contributed by atoms with Crippen LogP contribution in [0.15, 0.2) is 27.6 Å². The number of rotatable bonds is 6. The van der Waals surface area contributed by atoms with Crippen molar-refractivity contribution in [3.63, 3.8) is 0 Å². The Morgan fingerprint density at radius 2 is 2.00 bits per heavy atom. The van der Waals surface area contributed by atoms with Gasteiger partial charge in [0.1, 0.15) is 11.6 Å². The largest absolute Gasteiger partial charge is 0.467 e. The standard InChI is InChI=1S/C20H29N5O3/c1-23-20(27)25(16-5-2-3-6-16)19(22-23)15-8-10-24(11-9-15)14-18(26)21-13-17-7-4-12-28-17/h4,7,12,15-16H,2-3,5-6,8-11,13-14H2,1H3,(H,21,26). The summed E-state index contributed by atoms with van der Waals surface area (Å²) >= 11 is 0. The van der Waals surface area contributed by atoms with E-state index >= 15 is 0 Å². The molecule has 0 atom stereocenters. The molecule has 1 aliphatic carbocycles. The van der Waals surface area contributed by atoms with Crippen molar-refractivity contribution in [3.8, 4) is 0 Å². The first-order valence-corrected chi connectivity index (χ1v) is 10.3. The molecule has 2 aromatic heterocycles. The number of nitrogens with zero attached hydrogens (tertiary/aromatic N) is 4. The number of likely N-dealkylation sites (tertiary alicyclic amines) is 1. The van der Waals surface area contributed by atoms with Gasteiger partial charge in [-0.2, -0.15) is 5.10 Å². The predicted molar refractivity (Wildman–Crippen MR) is 104 cm³/mol. The van der Waals surface area contributed by atoms with Crippen molar-refractivity contribution in [1.29, 1.82) is 0 Å². The molecule has 8 nitrogen and oxygen atoms in total. The lowest BCUT2D eigenvalue weighted by molar-refractivity contribution is -0.122. The molecule has 2 aliphatic rings. The lowest BCUT2D eigenvalue weighted by Gasteiger charge is -2.31. The fourth-order valence-electron chi connectivity index (χ4n) is 4.49. The molecule has 3 heterocycles. The molecule has 152 valence electrons. The van der Waals surface area contributed by atoms with E-state index in [1.807, 2.05) is 16.7 Å². The summed E-state index contributed by atoms with van der Waals surface area (Å²) in [6, 6.07) is 3.97. The second-order valence-corrected chi connectivity index (χ2v) is 7.98.